The van der Waals surface area contributed by atoms with Crippen LogP contribution in [0.25, 0.3) is 0 Å². The van der Waals surface area contributed by atoms with Crippen molar-refractivity contribution in [1.29, 1.82) is 0 Å². The second-order valence-electron chi connectivity index (χ2n) is 4.76. The van der Waals surface area contributed by atoms with E-state index in [1.54, 1.807) is 0 Å². The summed E-state index contributed by atoms with van der Waals surface area (Å²) in [5, 5.41) is 0. The van der Waals surface area contributed by atoms with Gasteiger partial charge < -0.3 is 19.3 Å². The van der Waals surface area contributed by atoms with Crippen molar-refractivity contribution in [2.75, 3.05) is 54.5 Å². The largest absolute Gasteiger partial charge is 0.374 e. The number of hydrogen-bond acceptors (Lipinski definition) is 4. The van der Waals surface area contributed by atoms with Gasteiger partial charge in [-0.15, -0.1) is 0 Å². The highest BCUT2D eigenvalue weighted by molar-refractivity contribution is 4.61. The maximum Gasteiger partial charge on any atom is 0.0806 e. The molecule has 0 saturated carbocycles. The smallest absolute Gasteiger partial charge is 0.0806 e. The predicted octanol–water partition coefficient (Wildman–Crippen LogP) is 0.920. The van der Waals surface area contributed by atoms with E-state index >= 15 is 0 Å². The van der Waals surface area contributed by atoms with Crippen LogP contribution in [-0.2, 0) is 9.47 Å². The van der Waals surface area contributed by atoms with E-state index in [4.69, 9.17) is 9.47 Å². The van der Waals surface area contributed by atoms with Gasteiger partial charge in [0, 0.05) is 13.1 Å². The Morgan fingerprint density at radius 2 is 1.06 bits per heavy atom. The molecule has 0 aromatic carbocycles. The second-order valence-corrected chi connectivity index (χ2v) is 4.76. The topological polar surface area (TPSA) is 24.9 Å². The molecule has 0 fully saturated rings. The molecule has 0 radical (unpaired) electrons. The average Bonchev–Trinajstić information content (AvgIpc) is 2.16. The monoisotopic (exact) mass is 232 g/mol. The SMILES string of the molecule is CC(OCCN(C)C)C(C)OCCN(C)C. The zero-order chi connectivity index (χ0) is 12.6. The van der Waals surface area contributed by atoms with Crippen molar-refractivity contribution in [2.45, 2.75) is 26.1 Å². The van der Waals surface area contributed by atoms with Crippen molar-refractivity contribution in [3.05, 3.63) is 0 Å². The fourth-order valence-electron chi connectivity index (χ4n) is 1.11. The minimum Gasteiger partial charge on any atom is -0.374 e. The summed E-state index contributed by atoms with van der Waals surface area (Å²) in [6.45, 7) is 7.56. The van der Waals surface area contributed by atoms with Crippen molar-refractivity contribution >= 4 is 0 Å². The van der Waals surface area contributed by atoms with Gasteiger partial charge >= 0.3 is 0 Å². The molecule has 0 aliphatic rings. The molecule has 16 heavy (non-hydrogen) atoms. The Morgan fingerprint density at radius 1 is 0.750 bits per heavy atom. The van der Waals surface area contributed by atoms with Crippen LogP contribution >= 0.6 is 0 Å². The summed E-state index contributed by atoms with van der Waals surface area (Å²) in [5.41, 5.74) is 0. The van der Waals surface area contributed by atoms with Gasteiger partial charge in [0.15, 0.2) is 0 Å². The Balaban J connectivity index is 3.52. The average molecular weight is 232 g/mol. The van der Waals surface area contributed by atoms with Gasteiger partial charge in [-0.25, -0.2) is 0 Å². The lowest BCUT2D eigenvalue weighted by atomic mass is 10.2. The maximum absolute atomic E-state index is 5.69. The number of nitrogens with zero attached hydrogens (tertiary/aromatic N) is 2. The van der Waals surface area contributed by atoms with Crippen LogP contribution in [0.4, 0.5) is 0 Å². The maximum atomic E-state index is 5.69. The molecule has 0 aromatic rings. The lowest BCUT2D eigenvalue weighted by Gasteiger charge is -2.22. The van der Waals surface area contributed by atoms with Crippen molar-refractivity contribution < 1.29 is 9.47 Å². The molecular weight excluding hydrogens is 204 g/mol. The fourth-order valence-corrected chi connectivity index (χ4v) is 1.11. The van der Waals surface area contributed by atoms with Gasteiger partial charge in [-0.1, -0.05) is 0 Å². The highest BCUT2D eigenvalue weighted by atomic mass is 16.5. The van der Waals surface area contributed by atoms with E-state index in [9.17, 15) is 0 Å². The summed E-state index contributed by atoms with van der Waals surface area (Å²) in [5.74, 6) is 0. The van der Waals surface area contributed by atoms with Crippen LogP contribution in [0.2, 0.25) is 0 Å². The van der Waals surface area contributed by atoms with Crippen LogP contribution in [0.1, 0.15) is 13.8 Å². The molecular formula is C12H28N2O2. The van der Waals surface area contributed by atoms with E-state index < -0.39 is 0 Å². The van der Waals surface area contributed by atoms with E-state index in [0.29, 0.717) is 0 Å². The van der Waals surface area contributed by atoms with Crippen molar-refractivity contribution in [3.63, 3.8) is 0 Å². The molecule has 0 bridgehead atoms. The van der Waals surface area contributed by atoms with Crippen LogP contribution in [0, 0.1) is 0 Å². The van der Waals surface area contributed by atoms with E-state index in [2.05, 4.69) is 23.6 Å². The van der Waals surface area contributed by atoms with E-state index in [-0.39, 0.29) is 12.2 Å². The first-order chi connectivity index (χ1) is 7.43. The third kappa shape index (κ3) is 9.09. The highest BCUT2D eigenvalue weighted by Gasteiger charge is 2.12. The van der Waals surface area contributed by atoms with E-state index in [1.165, 1.54) is 0 Å². The highest BCUT2D eigenvalue weighted by Crippen LogP contribution is 2.03. The molecule has 0 aliphatic heterocycles. The zero-order valence-corrected chi connectivity index (χ0v) is 11.7. The van der Waals surface area contributed by atoms with E-state index in [0.717, 1.165) is 26.3 Å². The lowest BCUT2D eigenvalue weighted by Crippen LogP contribution is -2.31. The van der Waals surface area contributed by atoms with Gasteiger partial charge in [-0.3, -0.25) is 0 Å². The quantitative estimate of drug-likeness (QED) is 0.590. The summed E-state index contributed by atoms with van der Waals surface area (Å²) in [6, 6.07) is 0. The second kappa shape index (κ2) is 8.93. The number of likely N-dealkylation sites (N-methyl/N-ethyl adjacent to an activating group) is 2. The Bertz CT molecular complexity index is 145. The number of rotatable bonds is 9. The van der Waals surface area contributed by atoms with Crippen LogP contribution < -0.4 is 0 Å². The first-order valence-electron chi connectivity index (χ1n) is 5.96. The van der Waals surface area contributed by atoms with Gasteiger partial charge in [0.2, 0.25) is 0 Å². The summed E-state index contributed by atoms with van der Waals surface area (Å²) in [7, 11) is 8.19. The van der Waals surface area contributed by atoms with Gasteiger partial charge in [-0.2, -0.15) is 0 Å². The summed E-state index contributed by atoms with van der Waals surface area (Å²) in [4.78, 5) is 4.23. The summed E-state index contributed by atoms with van der Waals surface area (Å²) < 4.78 is 11.4. The van der Waals surface area contributed by atoms with Crippen molar-refractivity contribution in [2.24, 2.45) is 0 Å². The molecule has 0 aromatic heterocycles. The third-order valence-corrected chi connectivity index (χ3v) is 2.50. The number of hydrogen-bond donors (Lipinski definition) is 0. The molecule has 4 heteroatoms. The molecule has 2 unspecified atom stereocenters. The van der Waals surface area contributed by atoms with Crippen LogP contribution in [0.3, 0.4) is 0 Å². The molecule has 98 valence electrons. The predicted molar refractivity (Wildman–Crippen MR) is 67.9 cm³/mol. The van der Waals surface area contributed by atoms with Crippen LogP contribution in [0.5, 0.6) is 0 Å². The zero-order valence-electron chi connectivity index (χ0n) is 11.7. The van der Waals surface area contributed by atoms with Crippen LogP contribution in [-0.4, -0.2) is 76.5 Å². The first kappa shape index (κ1) is 15.8. The Morgan fingerprint density at radius 3 is 1.31 bits per heavy atom. The molecule has 0 saturated heterocycles. The van der Waals surface area contributed by atoms with Gasteiger partial charge in [0.1, 0.15) is 0 Å². The molecule has 0 N–H and O–H groups in total. The summed E-state index contributed by atoms with van der Waals surface area (Å²) in [6.07, 6.45) is 0.309. The standard InChI is InChI=1S/C12H28N2O2/c1-11(15-9-7-13(3)4)12(2)16-10-8-14(5)6/h11-12H,7-10H2,1-6H3. The Kier molecular flexibility index (Phi) is 8.84. The normalized spacial score (nSPS) is 15.8. The molecule has 0 heterocycles. The van der Waals surface area contributed by atoms with Crippen molar-refractivity contribution in [1.82, 2.24) is 9.80 Å². The molecule has 0 aliphatic carbocycles. The molecule has 0 spiro atoms. The minimum absolute atomic E-state index is 0.155. The third-order valence-electron chi connectivity index (χ3n) is 2.50. The lowest BCUT2D eigenvalue weighted by molar-refractivity contribution is -0.0605. The molecule has 0 amide bonds. The van der Waals surface area contributed by atoms with Gasteiger partial charge in [0.05, 0.1) is 25.4 Å². The van der Waals surface area contributed by atoms with Gasteiger partial charge in [-0.05, 0) is 42.0 Å². The summed E-state index contributed by atoms with van der Waals surface area (Å²) >= 11 is 0. The molecule has 0 rings (SSSR count). The van der Waals surface area contributed by atoms with Gasteiger partial charge in [0.25, 0.3) is 0 Å². The van der Waals surface area contributed by atoms with E-state index in [1.807, 2.05) is 28.2 Å². The number of ether oxygens (including phenoxy) is 2. The Hall–Kier alpha value is -0.160. The molecule has 2 atom stereocenters. The molecule has 4 nitrogen and oxygen atoms in total. The van der Waals surface area contributed by atoms with Crippen molar-refractivity contribution in [3.8, 4) is 0 Å². The van der Waals surface area contributed by atoms with Crippen LogP contribution in [0.15, 0.2) is 0 Å². The minimum atomic E-state index is 0.155. The first-order valence-corrected chi connectivity index (χ1v) is 5.96. The Labute approximate surface area is 101 Å². The fraction of sp³-hybridized carbons (Fsp3) is 1.00.